The van der Waals surface area contributed by atoms with Crippen molar-refractivity contribution in [1.82, 2.24) is 5.32 Å². The lowest BCUT2D eigenvalue weighted by atomic mass is 9.93. The molecule has 0 saturated carbocycles. The molecule has 0 radical (unpaired) electrons. The molecule has 17 N–H and O–H groups in total. The largest absolute Gasteiger partial charge is 0.459 e. The van der Waals surface area contributed by atoms with Gasteiger partial charge < -0.3 is 60.7 Å². The Balaban J connectivity index is 2.16. The lowest BCUT2D eigenvalue weighted by molar-refractivity contribution is -0.120. The fourth-order valence-electron chi connectivity index (χ4n) is 7.31. The molecule has 72 heavy (non-hydrogen) atoms. The number of hydrogen-bond donors (Lipinski definition) is 9. The Morgan fingerprint density at radius 3 is 1.38 bits per heavy atom. The highest BCUT2D eigenvalue weighted by molar-refractivity contribution is 7.99. The Hall–Kier alpha value is -5.26. The quantitative estimate of drug-likeness (QED) is 0.0103. The van der Waals surface area contributed by atoms with Crippen LogP contribution in [0.1, 0.15) is 117 Å². The molecule has 21 heteroatoms. The van der Waals surface area contributed by atoms with Gasteiger partial charge in [0.25, 0.3) is 0 Å². The number of carbonyl (C=O) groups is 6. The molecule has 18 nitrogen and oxygen atoms in total. The van der Waals surface area contributed by atoms with Gasteiger partial charge in [-0.25, -0.2) is 9.59 Å². The van der Waals surface area contributed by atoms with Crippen LogP contribution >= 0.6 is 35.3 Å². The maximum atomic E-state index is 14.7. The van der Waals surface area contributed by atoms with Crippen molar-refractivity contribution in [2.24, 2.45) is 50.9 Å². The summed E-state index contributed by atoms with van der Waals surface area (Å²) in [6.07, 6.45) is 0.0901. The number of nitrogens with two attached hydrogens (primary N) is 8. The standard InChI is InChI=1S/C51H74N10O8S3/c1-29(2)68-49(66)38-19-34(47(71-16-11-53)36(21-38)27-45(64)41(56)8-6-13-60-31(5)55)25-43(62)32-18-33(24-40(23-32)70-15-10-52)44(63)26-35-20-39(50(67)69-30(3)4)22-37(48(35)72-17-12-54)28-46(65)42(57)9-7-14-61-51(58)59/h18-24,29-30,41-42,60H,5-17,25-28,52-57H2,1-4H3,(H4,58,59,61). The zero-order valence-corrected chi connectivity index (χ0v) is 44.4. The van der Waals surface area contributed by atoms with Gasteiger partial charge in [-0.05, 0) is 118 Å². The summed E-state index contributed by atoms with van der Waals surface area (Å²) in [6, 6.07) is 9.62. The molecule has 0 aliphatic heterocycles. The number of ketones is 4. The minimum atomic E-state index is -0.854. The van der Waals surface area contributed by atoms with E-state index in [2.05, 4.69) is 16.9 Å². The van der Waals surface area contributed by atoms with Crippen molar-refractivity contribution < 1.29 is 38.2 Å². The highest BCUT2D eigenvalue weighted by Crippen LogP contribution is 2.34. The molecule has 0 aliphatic carbocycles. The van der Waals surface area contributed by atoms with Crippen LogP contribution in [-0.4, -0.2) is 115 Å². The number of aliphatic imine (C=N–C) groups is 1. The maximum Gasteiger partial charge on any atom is 0.338 e. The van der Waals surface area contributed by atoms with Crippen molar-refractivity contribution in [1.29, 1.82) is 0 Å². The van der Waals surface area contributed by atoms with Gasteiger partial charge in [0, 0.05) is 101 Å². The lowest BCUT2D eigenvalue weighted by Crippen LogP contribution is -2.33. The first-order valence-corrected chi connectivity index (χ1v) is 26.9. The smallest absolute Gasteiger partial charge is 0.338 e. The van der Waals surface area contributed by atoms with Crippen LogP contribution in [0.4, 0.5) is 0 Å². The summed E-state index contributed by atoms with van der Waals surface area (Å²) >= 11 is 4.08. The van der Waals surface area contributed by atoms with E-state index in [1.165, 1.54) is 41.4 Å². The van der Waals surface area contributed by atoms with Crippen molar-refractivity contribution >= 4 is 76.3 Å². The zero-order chi connectivity index (χ0) is 53.5. The van der Waals surface area contributed by atoms with Crippen LogP contribution in [0.5, 0.6) is 0 Å². The molecule has 394 valence electrons. The van der Waals surface area contributed by atoms with Crippen LogP contribution in [0.15, 0.2) is 74.5 Å². The Labute approximate surface area is 436 Å². The second-order valence-corrected chi connectivity index (χ2v) is 20.9. The molecule has 2 atom stereocenters. The van der Waals surface area contributed by atoms with E-state index in [9.17, 15) is 28.8 Å². The van der Waals surface area contributed by atoms with E-state index in [1.807, 2.05) is 0 Å². The molecule has 0 bridgehead atoms. The molecule has 0 spiro atoms. The summed E-state index contributed by atoms with van der Waals surface area (Å²) in [4.78, 5) is 89.3. The first-order chi connectivity index (χ1) is 34.2. The monoisotopic (exact) mass is 1050 g/mol. The van der Waals surface area contributed by atoms with Crippen LogP contribution < -0.4 is 51.2 Å². The van der Waals surface area contributed by atoms with E-state index in [4.69, 9.17) is 55.3 Å². The predicted octanol–water partition coefficient (Wildman–Crippen LogP) is 3.55. The van der Waals surface area contributed by atoms with Gasteiger partial charge in [-0.2, -0.15) is 0 Å². The average Bonchev–Trinajstić information content (AvgIpc) is 3.31. The van der Waals surface area contributed by atoms with Crippen molar-refractivity contribution in [2.45, 2.75) is 118 Å². The topological polar surface area (TPSA) is 353 Å². The van der Waals surface area contributed by atoms with Gasteiger partial charge in [-0.15, -0.1) is 35.3 Å². The van der Waals surface area contributed by atoms with Crippen molar-refractivity contribution in [3.63, 3.8) is 0 Å². The molecule has 3 rings (SSSR count). The minimum Gasteiger partial charge on any atom is -0.459 e. The number of nitrogens with one attached hydrogen (secondary N) is 1. The van der Waals surface area contributed by atoms with Crippen LogP contribution in [-0.2, 0) is 44.7 Å². The Kier molecular flexibility index (Phi) is 26.6. The van der Waals surface area contributed by atoms with Gasteiger partial charge >= 0.3 is 11.9 Å². The molecule has 0 aromatic heterocycles. The summed E-state index contributed by atoms with van der Waals surface area (Å²) in [5, 5.41) is 2.92. The van der Waals surface area contributed by atoms with Crippen LogP contribution in [0.3, 0.4) is 0 Å². The maximum absolute atomic E-state index is 14.7. The van der Waals surface area contributed by atoms with Crippen molar-refractivity contribution in [2.75, 3.05) is 50.0 Å². The zero-order valence-electron chi connectivity index (χ0n) is 41.9. The van der Waals surface area contributed by atoms with Gasteiger partial charge in [0.2, 0.25) is 0 Å². The van der Waals surface area contributed by atoms with Crippen LogP contribution in [0.25, 0.3) is 0 Å². The summed E-state index contributed by atoms with van der Waals surface area (Å²) in [5.74, 6) is -0.979. The number of guanidine groups is 1. The first kappa shape index (κ1) is 61.0. The second-order valence-electron chi connectivity index (χ2n) is 17.6. The number of rotatable bonds is 34. The molecule has 3 aromatic carbocycles. The van der Waals surface area contributed by atoms with Crippen LogP contribution in [0, 0.1) is 0 Å². The lowest BCUT2D eigenvalue weighted by Gasteiger charge is -2.19. The van der Waals surface area contributed by atoms with E-state index >= 15 is 0 Å². The molecule has 0 aliphatic rings. The molecule has 0 heterocycles. The van der Waals surface area contributed by atoms with Crippen LogP contribution in [0.2, 0.25) is 0 Å². The molecule has 2 unspecified atom stereocenters. The van der Waals surface area contributed by atoms with E-state index in [1.54, 1.807) is 64.1 Å². The Morgan fingerprint density at radius 2 is 0.986 bits per heavy atom. The third kappa shape index (κ3) is 20.7. The highest BCUT2D eigenvalue weighted by atomic mass is 32.2. The number of esters is 2. The molecule has 0 amide bonds. The van der Waals surface area contributed by atoms with E-state index in [0.717, 1.165) is 0 Å². The Bertz CT molecular complexity index is 2410. The third-order valence-corrected chi connectivity index (χ3v) is 14.1. The summed E-state index contributed by atoms with van der Waals surface area (Å²) in [6.45, 7) is 12.2. The van der Waals surface area contributed by atoms with Gasteiger partial charge in [-0.3, -0.25) is 24.2 Å². The van der Waals surface area contributed by atoms with Gasteiger partial charge in [-0.1, -0.05) is 6.58 Å². The van der Waals surface area contributed by atoms with E-state index in [-0.39, 0.29) is 90.1 Å². The summed E-state index contributed by atoms with van der Waals surface area (Å²) in [7, 11) is 0. The molecule has 0 fully saturated rings. The molecular weight excluding hydrogens is 977 g/mol. The van der Waals surface area contributed by atoms with Crippen molar-refractivity contribution in [3.8, 4) is 0 Å². The number of ether oxygens (including phenoxy) is 2. The van der Waals surface area contributed by atoms with Crippen molar-refractivity contribution in [3.05, 3.63) is 99.4 Å². The number of benzene rings is 3. The summed E-state index contributed by atoms with van der Waals surface area (Å²) in [5.41, 5.74) is 49.7. The highest BCUT2D eigenvalue weighted by Gasteiger charge is 2.26. The second kappa shape index (κ2) is 31.4. The number of thioether (sulfide) groups is 3. The van der Waals surface area contributed by atoms with E-state index in [0.29, 0.717) is 105 Å². The molecule has 3 aromatic rings. The normalized spacial score (nSPS) is 12.0. The van der Waals surface area contributed by atoms with Gasteiger partial charge in [0.15, 0.2) is 29.1 Å². The summed E-state index contributed by atoms with van der Waals surface area (Å²) < 4.78 is 11.1. The number of carbonyl (C=O) groups excluding carboxylic acids is 6. The fourth-order valence-corrected chi connectivity index (χ4v) is 9.99. The van der Waals surface area contributed by atoms with Gasteiger partial charge in [0.05, 0.1) is 41.2 Å². The molecule has 0 saturated heterocycles. The average molecular weight is 1050 g/mol. The predicted molar refractivity (Wildman–Crippen MR) is 290 cm³/mol. The number of Topliss-reactive ketones (excluding diaryl/α,β-unsaturated/α-hetero) is 4. The number of nitrogens with zero attached hydrogens (tertiary/aromatic N) is 1. The first-order valence-electron chi connectivity index (χ1n) is 23.9. The number of hydrogen-bond acceptors (Lipinski definition) is 19. The van der Waals surface area contributed by atoms with Gasteiger partial charge in [0.1, 0.15) is 0 Å². The third-order valence-electron chi connectivity index (χ3n) is 10.6. The molecular formula is C51H74N10O8S3. The van der Waals surface area contributed by atoms with E-state index < -0.39 is 36.2 Å². The Morgan fingerprint density at radius 1 is 0.583 bits per heavy atom. The SMILES string of the molecule is C=C(N)NCCCC(N)C(=O)Cc1cc(C(=O)OC(C)C)cc(CC(=O)c2cc(SCCN)cc(C(=O)Cc3cc(C(=O)OC(C)C)cc(CC(=O)C(N)CCCN=C(N)N)c3SCCN)c2)c1SCCN. The minimum absolute atomic E-state index is 0.0646. The fraction of sp³-hybridized carbons (Fsp3) is 0.471.